The van der Waals surface area contributed by atoms with Crippen LogP contribution >= 0.6 is 11.8 Å². The largest absolute Gasteiger partial charge is 0.455 e. The maximum Gasteiger partial charge on any atom is 0.289 e. The fourth-order valence-corrected chi connectivity index (χ4v) is 3.72. The van der Waals surface area contributed by atoms with Crippen LogP contribution in [0.5, 0.6) is 0 Å². The number of hydrogen-bond donors (Lipinski definition) is 0. The second kappa shape index (κ2) is 8.65. The van der Waals surface area contributed by atoms with Crippen molar-refractivity contribution in [3.63, 3.8) is 0 Å². The second-order valence-corrected chi connectivity index (χ2v) is 7.42. The van der Waals surface area contributed by atoms with Gasteiger partial charge in [0.25, 0.3) is 11.8 Å². The molecule has 1 saturated heterocycles. The van der Waals surface area contributed by atoms with Gasteiger partial charge in [0.2, 0.25) is 0 Å². The van der Waals surface area contributed by atoms with Crippen LogP contribution < -0.4 is 0 Å². The Morgan fingerprint density at radius 3 is 2.52 bits per heavy atom. The van der Waals surface area contributed by atoms with Crippen LogP contribution in [0.3, 0.4) is 0 Å². The highest BCUT2D eigenvalue weighted by Gasteiger charge is 2.28. The smallest absolute Gasteiger partial charge is 0.289 e. The molecule has 0 N–H and O–H groups in total. The summed E-state index contributed by atoms with van der Waals surface area (Å²) in [5.74, 6) is 2.26. The fourth-order valence-electron chi connectivity index (χ4n) is 3.28. The Morgan fingerprint density at radius 1 is 1.15 bits per heavy atom. The Balaban J connectivity index is 1.67. The van der Waals surface area contributed by atoms with E-state index in [0.717, 1.165) is 17.9 Å². The first-order chi connectivity index (χ1) is 13.0. The molecule has 0 radical (unpaired) electrons. The zero-order valence-corrected chi connectivity index (χ0v) is 16.8. The van der Waals surface area contributed by atoms with Crippen molar-refractivity contribution >= 4 is 23.6 Å². The zero-order valence-electron chi connectivity index (χ0n) is 16.0. The quantitative estimate of drug-likeness (QED) is 0.780. The van der Waals surface area contributed by atoms with Crippen molar-refractivity contribution in [2.45, 2.75) is 32.4 Å². The molecular formula is C19H25N3O4S. The summed E-state index contributed by atoms with van der Waals surface area (Å²) in [6.07, 6.45) is 3.36. The van der Waals surface area contributed by atoms with Crippen LogP contribution in [0.15, 0.2) is 21.1 Å². The zero-order chi connectivity index (χ0) is 19.4. The Morgan fingerprint density at radius 2 is 1.85 bits per heavy atom. The Kier molecular flexibility index (Phi) is 6.26. The lowest BCUT2D eigenvalue weighted by atomic mass is 10.1. The lowest BCUT2D eigenvalue weighted by Gasteiger charge is -2.21. The number of aryl methyl sites for hydroxylation is 2. The van der Waals surface area contributed by atoms with E-state index in [2.05, 4.69) is 5.16 Å². The molecule has 2 aromatic heterocycles. The highest BCUT2D eigenvalue weighted by Crippen LogP contribution is 2.19. The summed E-state index contributed by atoms with van der Waals surface area (Å²) >= 11 is 1.65. The van der Waals surface area contributed by atoms with Crippen molar-refractivity contribution in [1.29, 1.82) is 0 Å². The molecule has 2 aromatic rings. The maximum absolute atomic E-state index is 12.9. The van der Waals surface area contributed by atoms with Gasteiger partial charge in [0.15, 0.2) is 5.76 Å². The van der Waals surface area contributed by atoms with Crippen LogP contribution in [0, 0.1) is 6.92 Å². The summed E-state index contributed by atoms with van der Waals surface area (Å²) in [6, 6.07) is 3.58. The van der Waals surface area contributed by atoms with Crippen molar-refractivity contribution in [3.8, 4) is 0 Å². The Labute approximate surface area is 163 Å². The van der Waals surface area contributed by atoms with Crippen LogP contribution in [0.4, 0.5) is 0 Å². The minimum absolute atomic E-state index is 0.0693. The molecule has 3 heterocycles. The third-order valence-corrected chi connectivity index (χ3v) is 5.28. The normalized spacial score (nSPS) is 15.1. The average molecular weight is 391 g/mol. The highest BCUT2D eigenvalue weighted by molar-refractivity contribution is 7.97. The van der Waals surface area contributed by atoms with E-state index in [0.29, 0.717) is 55.4 Å². The number of aromatic nitrogens is 1. The molecule has 2 amide bonds. The lowest BCUT2D eigenvalue weighted by Crippen LogP contribution is -2.37. The molecular weight excluding hydrogens is 366 g/mol. The number of carbonyl (C=O) groups excluding carboxylic acids is 2. The van der Waals surface area contributed by atoms with Gasteiger partial charge in [-0.2, -0.15) is 11.8 Å². The molecule has 3 rings (SSSR count). The first-order valence-electron chi connectivity index (χ1n) is 9.16. The molecule has 0 saturated carbocycles. The van der Waals surface area contributed by atoms with E-state index >= 15 is 0 Å². The number of furan rings is 1. The summed E-state index contributed by atoms with van der Waals surface area (Å²) < 4.78 is 10.8. The molecule has 0 aliphatic carbocycles. The van der Waals surface area contributed by atoms with Crippen LogP contribution in [0.25, 0.3) is 0 Å². The summed E-state index contributed by atoms with van der Waals surface area (Å²) in [6.45, 7) is 5.88. The van der Waals surface area contributed by atoms with Gasteiger partial charge in [-0.15, -0.1) is 0 Å². The number of nitrogens with zero attached hydrogens (tertiary/aromatic N) is 3. The third kappa shape index (κ3) is 4.21. The molecule has 0 bridgehead atoms. The molecule has 146 valence electrons. The maximum atomic E-state index is 12.9. The first kappa shape index (κ1) is 19.5. The predicted molar refractivity (Wildman–Crippen MR) is 103 cm³/mol. The molecule has 0 unspecified atom stereocenters. The van der Waals surface area contributed by atoms with Crippen LogP contribution in [0.2, 0.25) is 0 Å². The molecule has 27 heavy (non-hydrogen) atoms. The van der Waals surface area contributed by atoms with Crippen molar-refractivity contribution < 1.29 is 18.5 Å². The standard InChI is InChI=1S/C19H25N3O4S/c1-4-15-17(13(2)26-20-15)19(24)22-9-5-8-21(10-11-22)18(23)16-7-6-14(25-16)12-27-3/h6-7H,4-5,8-12H2,1-3H3. The first-order valence-corrected chi connectivity index (χ1v) is 10.6. The monoisotopic (exact) mass is 391 g/mol. The van der Waals surface area contributed by atoms with Crippen molar-refractivity contribution in [2.75, 3.05) is 32.4 Å². The number of hydrogen-bond acceptors (Lipinski definition) is 6. The van der Waals surface area contributed by atoms with Gasteiger partial charge in [-0.1, -0.05) is 12.1 Å². The summed E-state index contributed by atoms with van der Waals surface area (Å²) in [5.41, 5.74) is 1.25. The van der Waals surface area contributed by atoms with Gasteiger partial charge < -0.3 is 18.7 Å². The number of rotatable bonds is 5. The number of carbonyl (C=O) groups is 2. The fraction of sp³-hybridized carbons (Fsp3) is 0.526. The Hall–Kier alpha value is -2.22. The van der Waals surface area contributed by atoms with Gasteiger partial charge >= 0.3 is 0 Å². The molecule has 0 aromatic carbocycles. The van der Waals surface area contributed by atoms with E-state index < -0.39 is 0 Å². The number of amides is 2. The van der Waals surface area contributed by atoms with E-state index in [-0.39, 0.29) is 11.8 Å². The molecule has 1 aliphatic heterocycles. The molecule has 0 atom stereocenters. The van der Waals surface area contributed by atoms with Crippen molar-refractivity contribution in [2.24, 2.45) is 0 Å². The topological polar surface area (TPSA) is 79.8 Å². The van der Waals surface area contributed by atoms with E-state index in [9.17, 15) is 9.59 Å². The van der Waals surface area contributed by atoms with Crippen molar-refractivity contribution in [3.05, 3.63) is 40.7 Å². The van der Waals surface area contributed by atoms with Gasteiger partial charge in [-0.3, -0.25) is 9.59 Å². The van der Waals surface area contributed by atoms with Crippen LogP contribution in [-0.4, -0.2) is 59.2 Å². The lowest BCUT2D eigenvalue weighted by molar-refractivity contribution is 0.0698. The summed E-state index contributed by atoms with van der Waals surface area (Å²) in [4.78, 5) is 29.2. The molecule has 0 spiro atoms. The van der Waals surface area contributed by atoms with Crippen LogP contribution in [0.1, 0.15) is 51.5 Å². The Bertz CT molecular complexity index is 814. The number of thioether (sulfide) groups is 1. The summed E-state index contributed by atoms with van der Waals surface area (Å²) in [7, 11) is 0. The molecule has 7 nitrogen and oxygen atoms in total. The average Bonchev–Trinajstić information content (AvgIpc) is 3.19. The van der Waals surface area contributed by atoms with E-state index in [1.165, 1.54) is 0 Å². The highest BCUT2D eigenvalue weighted by atomic mass is 32.2. The van der Waals surface area contributed by atoms with E-state index in [1.807, 2.05) is 19.2 Å². The minimum atomic E-state index is -0.118. The SMILES string of the molecule is CCc1noc(C)c1C(=O)N1CCCN(C(=O)c2ccc(CSC)o2)CC1. The molecule has 8 heteroatoms. The van der Waals surface area contributed by atoms with Gasteiger partial charge in [-0.25, -0.2) is 0 Å². The van der Waals surface area contributed by atoms with E-state index in [1.54, 1.807) is 34.6 Å². The minimum Gasteiger partial charge on any atom is -0.455 e. The molecule has 1 fully saturated rings. The molecule has 1 aliphatic rings. The summed E-state index contributed by atoms with van der Waals surface area (Å²) in [5, 5.41) is 3.97. The third-order valence-electron chi connectivity index (χ3n) is 4.71. The van der Waals surface area contributed by atoms with Gasteiger partial charge in [-0.05, 0) is 38.2 Å². The van der Waals surface area contributed by atoms with Crippen molar-refractivity contribution in [1.82, 2.24) is 15.0 Å². The second-order valence-electron chi connectivity index (χ2n) is 6.55. The van der Waals surface area contributed by atoms with Gasteiger partial charge in [0.1, 0.15) is 17.1 Å². The van der Waals surface area contributed by atoms with Gasteiger partial charge in [0, 0.05) is 26.2 Å². The van der Waals surface area contributed by atoms with Gasteiger partial charge in [0.05, 0.1) is 11.4 Å². The van der Waals surface area contributed by atoms with E-state index in [4.69, 9.17) is 8.94 Å². The predicted octanol–water partition coefficient (Wildman–Crippen LogP) is 2.99. The van der Waals surface area contributed by atoms with Crippen LogP contribution in [-0.2, 0) is 12.2 Å².